The van der Waals surface area contributed by atoms with Gasteiger partial charge in [0.1, 0.15) is 5.58 Å². The fraction of sp³-hybridized carbons (Fsp3) is 0.407. The van der Waals surface area contributed by atoms with Gasteiger partial charge in [-0.1, -0.05) is 106 Å². The summed E-state index contributed by atoms with van der Waals surface area (Å²) in [5, 5.41) is 1.14. The summed E-state index contributed by atoms with van der Waals surface area (Å²) in [6.07, 6.45) is 0.840. The average molecular weight is 799 g/mol. The molecule has 4 heterocycles. The molecular weight excluding hydrogens is 735 g/mol. The number of hydrogen-bond acceptors (Lipinski definition) is 5. The Labute approximate surface area is 359 Å². The lowest BCUT2D eigenvalue weighted by Gasteiger charge is -2.44. The van der Waals surface area contributed by atoms with Crippen LogP contribution in [0.5, 0.6) is 11.5 Å². The molecule has 0 saturated heterocycles. The molecule has 6 heteroatoms. The minimum absolute atomic E-state index is 0.0130. The molecule has 0 spiro atoms. The molecule has 1 aromatic heterocycles. The van der Waals surface area contributed by atoms with E-state index in [0.29, 0.717) is 13.2 Å². The van der Waals surface area contributed by atoms with E-state index in [-0.39, 0.29) is 28.9 Å². The van der Waals surface area contributed by atoms with Gasteiger partial charge in [-0.05, 0) is 136 Å². The van der Waals surface area contributed by atoms with E-state index in [1.165, 1.54) is 72.7 Å². The van der Waals surface area contributed by atoms with Crippen LogP contribution in [0.25, 0.3) is 11.0 Å². The van der Waals surface area contributed by atoms with E-state index in [4.69, 9.17) is 13.9 Å². The van der Waals surface area contributed by atoms with Crippen molar-refractivity contribution in [1.29, 1.82) is 0 Å². The zero-order valence-corrected chi connectivity index (χ0v) is 38.7. The first-order valence-electron chi connectivity index (χ1n) is 22.2. The molecule has 3 aliphatic heterocycles. The summed E-state index contributed by atoms with van der Waals surface area (Å²) < 4.78 is 20.3. The second kappa shape index (κ2) is 13.7. The van der Waals surface area contributed by atoms with Gasteiger partial charge in [0.05, 0.1) is 35.9 Å². The van der Waals surface area contributed by atoms with E-state index in [0.717, 1.165) is 51.4 Å². The summed E-state index contributed by atoms with van der Waals surface area (Å²) in [4.78, 5) is 5.13. The van der Waals surface area contributed by atoms with Crippen LogP contribution in [0.4, 0.5) is 34.1 Å². The highest BCUT2D eigenvalue weighted by Crippen LogP contribution is 2.52. The topological polar surface area (TPSA) is 38.1 Å². The molecule has 9 rings (SSSR count). The predicted octanol–water partition coefficient (Wildman–Crippen LogP) is 12.9. The van der Waals surface area contributed by atoms with Gasteiger partial charge < -0.3 is 23.7 Å². The van der Waals surface area contributed by atoms with E-state index >= 15 is 0 Å². The van der Waals surface area contributed by atoms with Gasteiger partial charge in [0.2, 0.25) is 0 Å². The van der Waals surface area contributed by atoms with Crippen LogP contribution in [-0.2, 0) is 16.2 Å². The number of ether oxygens (including phenoxy) is 2. The second-order valence-corrected chi connectivity index (χ2v) is 21.3. The lowest BCUT2D eigenvalue weighted by atomic mass is 9.35. The molecule has 6 aromatic rings. The maximum Gasteiger partial charge on any atom is 0.297 e. The van der Waals surface area contributed by atoms with E-state index in [2.05, 4.69) is 180 Å². The Morgan fingerprint density at radius 2 is 1.05 bits per heavy atom. The van der Waals surface area contributed by atoms with Gasteiger partial charge in [0, 0.05) is 34.9 Å². The van der Waals surface area contributed by atoms with Crippen LogP contribution in [0, 0.1) is 27.7 Å². The normalized spacial score (nSPS) is 15.0. The van der Waals surface area contributed by atoms with Crippen LogP contribution in [0.3, 0.4) is 0 Å². The van der Waals surface area contributed by atoms with Gasteiger partial charge in [-0.3, -0.25) is 0 Å². The van der Waals surface area contributed by atoms with Crippen molar-refractivity contribution in [3.05, 3.63) is 111 Å². The van der Waals surface area contributed by atoms with Gasteiger partial charge in [0.15, 0.2) is 11.5 Å². The van der Waals surface area contributed by atoms with Crippen LogP contribution >= 0.6 is 0 Å². The smallest absolute Gasteiger partial charge is 0.297 e. The number of aryl methyl sites for hydroxylation is 4. The summed E-state index contributed by atoms with van der Waals surface area (Å²) >= 11 is 0. The zero-order valence-electron chi connectivity index (χ0n) is 38.7. The molecular formula is C54H63BN2O3. The third-order valence-corrected chi connectivity index (χ3v) is 13.2. The van der Waals surface area contributed by atoms with Crippen LogP contribution in [0.1, 0.15) is 133 Å². The first-order chi connectivity index (χ1) is 28.1. The largest absolute Gasteiger partial charge is 0.490 e. The van der Waals surface area contributed by atoms with Crippen molar-refractivity contribution in [2.24, 2.45) is 0 Å². The van der Waals surface area contributed by atoms with Gasteiger partial charge in [-0.2, -0.15) is 0 Å². The lowest BCUT2D eigenvalue weighted by molar-refractivity contribution is 0.297. The van der Waals surface area contributed by atoms with Crippen molar-refractivity contribution < 1.29 is 13.9 Å². The standard InChI is InChI=1S/C54H63BN2O3/c1-30(2)35-25-42-47-43(26-35)57(49-33(5)23-38(24-34(49)6)54(13,14)15)50-39-27-36(52(7,8)9)17-18-44(39)60-51(50)55(47)40-28-45-46(59-20-16-19-58-45)29-41(40)56(42)48-31(3)21-37(22-32(48)4)53(10,11)12/h17-18,21-30H,16,19-20H2,1-15H3. The SMILES string of the molecule is Cc1cc(C(C)(C)C)cc(C)c1N1c2cc3c(cc2B2c4oc5ccc(C(C)(C)C)cc5c4N(c4c(C)cc(C(C)(C)C)cc4C)c4cc(C(C)C)cc1c42)OCCCO3. The first kappa shape index (κ1) is 40.3. The Balaban J connectivity index is 1.45. The average Bonchev–Trinajstić information content (AvgIpc) is 3.37. The minimum atomic E-state index is -0.194. The highest BCUT2D eigenvalue weighted by molar-refractivity contribution is 7.00. The Hall–Kier alpha value is -5.10. The lowest BCUT2D eigenvalue weighted by Crippen LogP contribution is -2.61. The van der Waals surface area contributed by atoms with Crippen molar-refractivity contribution in [3.8, 4) is 11.5 Å². The summed E-state index contributed by atoms with van der Waals surface area (Å²) in [6, 6.07) is 25.9. The van der Waals surface area contributed by atoms with Gasteiger partial charge in [-0.15, -0.1) is 0 Å². The van der Waals surface area contributed by atoms with E-state index in [1.807, 2.05) is 0 Å². The molecule has 5 nitrogen and oxygen atoms in total. The molecule has 0 bridgehead atoms. The zero-order chi connectivity index (χ0) is 43.0. The number of nitrogens with zero attached hydrogens (tertiary/aromatic N) is 2. The van der Waals surface area contributed by atoms with Crippen molar-refractivity contribution in [3.63, 3.8) is 0 Å². The van der Waals surface area contributed by atoms with E-state index < -0.39 is 0 Å². The maximum atomic E-state index is 7.33. The second-order valence-electron chi connectivity index (χ2n) is 21.3. The highest BCUT2D eigenvalue weighted by Gasteiger charge is 2.48. The predicted molar refractivity (Wildman–Crippen MR) is 255 cm³/mol. The Kier molecular flexibility index (Phi) is 9.21. The molecule has 60 heavy (non-hydrogen) atoms. The number of fused-ring (bicyclic) bond motifs is 7. The number of furan rings is 1. The van der Waals surface area contributed by atoms with E-state index in [9.17, 15) is 0 Å². The van der Waals surface area contributed by atoms with E-state index in [1.54, 1.807) is 0 Å². The fourth-order valence-electron chi connectivity index (χ4n) is 9.91. The fourth-order valence-corrected chi connectivity index (χ4v) is 9.91. The van der Waals surface area contributed by atoms with Crippen molar-refractivity contribution >= 4 is 68.4 Å². The summed E-state index contributed by atoms with van der Waals surface area (Å²) in [5.74, 6) is 1.87. The monoisotopic (exact) mass is 798 g/mol. The molecule has 0 radical (unpaired) electrons. The maximum absolute atomic E-state index is 7.33. The van der Waals surface area contributed by atoms with Crippen molar-refractivity contribution in [2.75, 3.05) is 23.0 Å². The molecule has 3 aliphatic rings. The molecule has 5 aromatic carbocycles. The molecule has 0 saturated carbocycles. The highest BCUT2D eigenvalue weighted by atomic mass is 16.5. The molecule has 0 amide bonds. The number of anilines is 6. The molecule has 0 fully saturated rings. The minimum Gasteiger partial charge on any atom is -0.490 e. The Morgan fingerprint density at radius 3 is 1.57 bits per heavy atom. The summed E-state index contributed by atoms with van der Waals surface area (Å²) in [7, 11) is 0. The molecule has 0 N–H and O–H groups in total. The third-order valence-electron chi connectivity index (χ3n) is 13.2. The molecule has 310 valence electrons. The Morgan fingerprint density at radius 1 is 0.550 bits per heavy atom. The molecule has 0 aliphatic carbocycles. The molecule has 0 atom stereocenters. The Bertz CT molecular complexity index is 2690. The quantitative estimate of drug-likeness (QED) is 0.166. The third kappa shape index (κ3) is 6.34. The van der Waals surface area contributed by atoms with Crippen molar-refractivity contribution in [2.45, 2.75) is 132 Å². The summed E-state index contributed by atoms with van der Waals surface area (Å²) in [5.41, 5.74) is 21.6. The van der Waals surface area contributed by atoms with Gasteiger partial charge in [-0.25, -0.2) is 0 Å². The van der Waals surface area contributed by atoms with Crippen LogP contribution < -0.4 is 35.9 Å². The van der Waals surface area contributed by atoms with Crippen LogP contribution in [0.15, 0.2) is 71.1 Å². The number of rotatable bonds is 3. The number of benzene rings is 5. The molecule has 0 unspecified atom stereocenters. The van der Waals surface area contributed by atoms with Crippen LogP contribution in [-0.4, -0.2) is 19.9 Å². The van der Waals surface area contributed by atoms with Crippen molar-refractivity contribution in [1.82, 2.24) is 0 Å². The first-order valence-corrected chi connectivity index (χ1v) is 22.2. The van der Waals surface area contributed by atoms with Gasteiger partial charge in [0.25, 0.3) is 6.71 Å². The number of hydrogen-bond donors (Lipinski definition) is 0. The summed E-state index contributed by atoms with van der Waals surface area (Å²) in [6.45, 7) is 35.6. The van der Waals surface area contributed by atoms with Crippen LogP contribution in [0.2, 0.25) is 0 Å². The van der Waals surface area contributed by atoms with Gasteiger partial charge >= 0.3 is 0 Å².